The molecular formula is C18H20BrN3. The summed E-state index contributed by atoms with van der Waals surface area (Å²) in [5.74, 6) is 0. The first kappa shape index (κ1) is 15.3. The van der Waals surface area contributed by atoms with Crippen LogP contribution in [-0.4, -0.2) is 9.38 Å². The zero-order valence-electron chi connectivity index (χ0n) is 13.1. The van der Waals surface area contributed by atoms with Gasteiger partial charge in [-0.15, -0.1) is 0 Å². The average molecular weight is 358 g/mol. The maximum Gasteiger partial charge on any atom is 0.137 e. The van der Waals surface area contributed by atoms with Gasteiger partial charge in [0.2, 0.25) is 0 Å². The van der Waals surface area contributed by atoms with E-state index in [1.54, 1.807) is 0 Å². The Morgan fingerprint density at radius 3 is 2.36 bits per heavy atom. The first-order valence-electron chi connectivity index (χ1n) is 7.37. The highest BCUT2D eigenvalue weighted by molar-refractivity contribution is 9.10. The first-order valence-corrected chi connectivity index (χ1v) is 8.17. The second-order valence-electron chi connectivity index (χ2n) is 6.51. The minimum Gasteiger partial charge on any atom is -0.325 e. The fraction of sp³-hybridized carbons (Fsp3) is 0.278. The lowest BCUT2D eigenvalue weighted by molar-refractivity contribution is 0.590. The number of hydrogen-bond acceptors (Lipinski definition) is 2. The summed E-state index contributed by atoms with van der Waals surface area (Å²) in [7, 11) is 0. The summed E-state index contributed by atoms with van der Waals surface area (Å²) < 4.78 is 3.07. The lowest BCUT2D eigenvalue weighted by Crippen LogP contribution is -2.10. The van der Waals surface area contributed by atoms with Gasteiger partial charge >= 0.3 is 0 Å². The van der Waals surface area contributed by atoms with Crippen LogP contribution in [0.15, 0.2) is 47.1 Å². The number of hydrogen-bond donors (Lipinski definition) is 1. The van der Waals surface area contributed by atoms with Crippen molar-refractivity contribution >= 4 is 21.6 Å². The van der Waals surface area contributed by atoms with E-state index in [0.717, 1.165) is 27.1 Å². The SMILES string of the molecule is CC(C)(C)c1ccc(-c2nc3ccc(Br)cn3c2CN)cc1. The Balaban J connectivity index is 2.13. The Morgan fingerprint density at radius 2 is 1.77 bits per heavy atom. The highest BCUT2D eigenvalue weighted by atomic mass is 79.9. The van der Waals surface area contributed by atoms with Crippen molar-refractivity contribution < 1.29 is 0 Å². The van der Waals surface area contributed by atoms with E-state index < -0.39 is 0 Å². The molecule has 0 saturated heterocycles. The number of pyridine rings is 1. The van der Waals surface area contributed by atoms with Crippen molar-refractivity contribution in [2.75, 3.05) is 0 Å². The molecule has 2 heterocycles. The number of nitrogens with two attached hydrogens (primary N) is 1. The fourth-order valence-electron chi connectivity index (χ4n) is 2.62. The number of fused-ring (bicyclic) bond motifs is 1. The van der Waals surface area contributed by atoms with Crippen LogP contribution in [0.25, 0.3) is 16.9 Å². The van der Waals surface area contributed by atoms with Gasteiger partial charge in [-0.2, -0.15) is 0 Å². The van der Waals surface area contributed by atoms with Crippen LogP contribution in [0.3, 0.4) is 0 Å². The van der Waals surface area contributed by atoms with Crippen LogP contribution in [0.5, 0.6) is 0 Å². The lowest BCUT2D eigenvalue weighted by atomic mass is 9.86. The Kier molecular flexibility index (Phi) is 3.83. The molecule has 3 aromatic rings. The molecule has 0 saturated carbocycles. The molecule has 1 aromatic carbocycles. The molecule has 0 spiro atoms. The third-order valence-electron chi connectivity index (χ3n) is 3.90. The van der Waals surface area contributed by atoms with E-state index in [1.807, 2.05) is 18.3 Å². The van der Waals surface area contributed by atoms with Gasteiger partial charge in [0.05, 0.1) is 11.4 Å². The Labute approximate surface area is 139 Å². The van der Waals surface area contributed by atoms with Gasteiger partial charge in [-0.05, 0) is 39.0 Å². The van der Waals surface area contributed by atoms with Crippen molar-refractivity contribution in [2.24, 2.45) is 5.73 Å². The second-order valence-corrected chi connectivity index (χ2v) is 7.43. The van der Waals surface area contributed by atoms with Crippen LogP contribution < -0.4 is 5.73 Å². The quantitative estimate of drug-likeness (QED) is 0.732. The molecule has 22 heavy (non-hydrogen) atoms. The van der Waals surface area contributed by atoms with Gasteiger partial charge in [0, 0.05) is 22.8 Å². The first-order chi connectivity index (χ1) is 10.4. The van der Waals surface area contributed by atoms with Crippen molar-refractivity contribution in [3.8, 4) is 11.3 Å². The van der Waals surface area contributed by atoms with Gasteiger partial charge < -0.3 is 10.1 Å². The molecule has 0 unspecified atom stereocenters. The zero-order valence-corrected chi connectivity index (χ0v) is 14.7. The van der Waals surface area contributed by atoms with Gasteiger partial charge in [-0.1, -0.05) is 45.0 Å². The number of rotatable bonds is 2. The van der Waals surface area contributed by atoms with E-state index in [-0.39, 0.29) is 5.41 Å². The summed E-state index contributed by atoms with van der Waals surface area (Å²) in [6.45, 7) is 7.11. The number of benzene rings is 1. The average Bonchev–Trinajstić information content (AvgIpc) is 2.84. The largest absolute Gasteiger partial charge is 0.325 e. The summed E-state index contributed by atoms with van der Waals surface area (Å²) >= 11 is 3.50. The number of aromatic nitrogens is 2. The van der Waals surface area contributed by atoms with E-state index in [1.165, 1.54) is 5.56 Å². The van der Waals surface area contributed by atoms with E-state index in [9.17, 15) is 0 Å². The normalized spacial score (nSPS) is 12.0. The highest BCUT2D eigenvalue weighted by Gasteiger charge is 2.16. The van der Waals surface area contributed by atoms with Crippen LogP contribution in [-0.2, 0) is 12.0 Å². The molecule has 0 aliphatic rings. The van der Waals surface area contributed by atoms with Crippen LogP contribution >= 0.6 is 15.9 Å². The predicted octanol–water partition coefficient (Wildman–Crippen LogP) is 4.52. The minimum atomic E-state index is 0.152. The van der Waals surface area contributed by atoms with E-state index in [0.29, 0.717) is 6.54 Å². The Bertz CT molecular complexity index is 811. The highest BCUT2D eigenvalue weighted by Crippen LogP contribution is 2.28. The van der Waals surface area contributed by atoms with Crippen molar-refractivity contribution in [1.29, 1.82) is 0 Å². The zero-order chi connectivity index (χ0) is 15.9. The molecule has 0 radical (unpaired) electrons. The monoisotopic (exact) mass is 357 g/mol. The maximum absolute atomic E-state index is 5.97. The summed E-state index contributed by atoms with van der Waals surface area (Å²) in [5, 5.41) is 0. The van der Waals surface area contributed by atoms with E-state index in [2.05, 4.69) is 65.4 Å². The molecule has 0 amide bonds. The Morgan fingerprint density at radius 1 is 1.09 bits per heavy atom. The summed E-state index contributed by atoms with van der Waals surface area (Å²) in [4.78, 5) is 4.75. The molecule has 0 aliphatic carbocycles. The van der Waals surface area contributed by atoms with Crippen LogP contribution in [0.2, 0.25) is 0 Å². The summed E-state index contributed by atoms with van der Waals surface area (Å²) in [6, 6.07) is 12.6. The number of nitrogens with zero attached hydrogens (tertiary/aromatic N) is 2. The van der Waals surface area contributed by atoms with Crippen molar-refractivity contribution in [3.05, 3.63) is 58.3 Å². The van der Waals surface area contributed by atoms with Crippen LogP contribution in [0, 0.1) is 0 Å². The fourth-order valence-corrected chi connectivity index (χ4v) is 2.96. The molecule has 114 valence electrons. The van der Waals surface area contributed by atoms with Crippen molar-refractivity contribution in [3.63, 3.8) is 0 Å². The van der Waals surface area contributed by atoms with Crippen molar-refractivity contribution in [1.82, 2.24) is 9.38 Å². The van der Waals surface area contributed by atoms with E-state index >= 15 is 0 Å². The molecule has 3 nitrogen and oxygen atoms in total. The molecule has 0 bridgehead atoms. The van der Waals surface area contributed by atoms with Crippen LogP contribution in [0.1, 0.15) is 32.0 Å². The topological polar surface area (TPSA) is 43.3 Å². The maximum atomic E-state index is 5.97. The van der Waals surface area contributed by atoms with Gasteiger partial charge in [0.25, 0.3) is 0 Å². The predicted molar refractivity (Wildman–Crippen MR) is 94.9 cm³/mol. The number of halogens is 1. The lowest BCUT2D eigenvalue weighted by Gasteiger charge is -2.19. The summed E-state index contributed by atoms with van der Waals surface area (Å²) in [6.07, 6.45) is 2.01. The van der Waals surface area contributed by atoms with Gasteiger partial charge in [0.1, 0.15) is 5.65 Å². The Hall–Kier alpha value is -1.65. The molecule has 0 atom stereocenters. The summed E-state index contributed by atoms with van der Waals surface area (Å²) in [5.41, 5.74) is 11.4. The minimum absolute atomic E-state index is 0.152. The van der Waals surface area contributed by atoms with Gasteiger partial charge in [-0.25, -0.2) is 4.98 Å². The van der Waals surface area contributed by atoms with Gasteiger partial charge in [-0.3, -0.25) is 0 Å². The molecule has 0 fully saturated rings. The number of imidazole rings is 1. The third-order valence-corrected chi connectivity index (χ3v) is 4.37. The molecule has 2 N–H and O–H groups in total. The van der Waals surface area contributed by atoms with Crippen LogP contribution in [0.4, 0.5) is 0 Å². The third kappa shape index (κ3) is 2.69. The van der Waals surface area contributed by atoms with E-state index in [4.69, 9.17) is 10.7 Å². The molecular weight excluding hydrogens is 338 g/mol. The molecule has 4 heteroatoms. The smallest absolute Gasteiger partial charge is 0.137 e. The molecule has 0 aliphatic heterocycles. The molecule has 2 aromatic heterocycles. The molecule has 3 rings (SSSR count). The van der Waals surface area contributed by atoms with Crippen molar-refractivity contribution in [2.45, 2.75) is 32.7 Å². The second kappa shape index (κ2) is 5.52. The van der Waals surface area contributed by atoms with Gasteiger partial charge in [0.15, 0.2) is 0 Å². The standard InChI is InChI=1S/C18H20BrN3/c1-18(2,3)13-6-4-12(5-7-13)17-15(10-20)22-11-14(19)8-9-16(22)21-17/h4-9,11H,10,20H2,1-3H3.